The molecule has 136 valence electrons. The van der Waals surface area contributed by atoms with Crippen molar-refractivity contribution in [2.45, 2.75) is 25.4 Å². The molecule has 2 N–H and O–H groups in total. The van der Waals surface area contributed by atoms with Gasteiger partial charge >= 0.3 is 0 Å². The van der Waals surface area contributed by atoms with Crippen molar-refractivity contribution in [2.75, 3.05) is 38.7 Å². The Balaban J connectivity index is 0.00000288. The summed E-state index contributed by atoms with van der Waals surface area (Å²) in [6, 6.07) is 10.2. The molecule has 0 spiro atoms. The average Bonchev–Trinajstić information content (AvgIpc) is 2.99. The van der Waals surface area contributed by atoms with Crippen LogP contribution in [0.2, 0.25) is 0 Å². The first-order valence-electron chi connectivity index (χ1n) is 8.36. The fourth-order valence-corrected chi connectivity index (χ4v) is 3.67. The number of carbonyl (C=O) groups excluding carboxylic acids is 1. The molecule has 0 saturated carbocycles. The molecule has 2 atom stereocenters. The second kappa shape index (κ2) is 11.0. The number of halogens is 1. The van der Waals surface area contributed by atoms with Crippen molar-refractivity contribution < 1.29 is 4.79 Å². The molecule has 1 heterocycles. The lowest BCUT2D eigenvalue weighted by atomic mass is 10.1. The Kier molecular flexibility index (Phi) is 9.74. The molecule has 0 aromatic heterocycles. The van der Waals surface area contributed by atoms with Gasteiger partial charge in [0.2, 0.25) is 5.91 Å². The van der Waals surface area contributed by atoms with E-state index < -0.39 is 0 Å². The minimum atomic E-state index is -0.353. The molecule has 1 saturated heterocycles. The van der Waals surface area contributed by atoms with E-state index in [4.69, 9.17) is 5.73 Å². The van der Waals surface area contributed by atoms with Crippen LogP contribution in [0.4, 0.5) is 0 Å². The molecular formula is C18H30ClN3OS. The third kappa shape index (κ3) is 6.63. The minimum Gasteiger partial charge on any atom is -0.344 e. The van der Waals surface area contributed by atoms with Crippen molar-refractivity contribution in [1.82, 2.24) is 9.80 Å². The highest BCUT2D eigenvalue weighted by molar-refractivity contribution is 7.98. The monoisotopic (exact) mass is 371 g/mol. The highest BCUT2D eigenvalue weighted by Gasteiger charge is 2.26. The van der Waals surface area contributed by atoms with Gasteiger partial charge in [0.05, 0.1) is 6.04 Å². The van der Waals surface area contributed by atoms with E-state index in [2.05, 4.69) is 35.2 Å². The number of rotatable bonds is 8. The number of hydrogen-bond acceptors (Lipinski definition) is 4. The molecule has 1 aromatic carbocycles. The van der Waals surface area contributed by atoms with Crippen molar-refractivity contribution in [2.24, 2.45) is 11.7 Å². The van der Waals surface area contributed by atoms with Crippen LogP contribution in [0.25, 0.3) is 0 Å². The fourth-order valence-electron chi connectivity index (χ4n) is 3.18. The van der Waals surface area contributed by atoms with Gasteiger partial charge in [0.15, 0.2) is 0 Å². The molecule has 0 bridgehead atoms. The number of amides is 1. The smallest absolute Gasteiger partial charge is 0.239 e. The van der Waals surface area contributed by atoms with Gasteiger partial charge in [-0.25, -0.2) is 0 Å². The summed E-state index contributed by atoms with van der Waals surface area (Å²) in [7, 11) is 1.89. The molecule has 2 rings (SSSR count). The number of nitrogens with zero attached hydrogens (tertiary/aromatic N) is 2. The van der Waals surface area contributed by atoms with Crippen LogP contribution >= 0.6 is 24.2 Å². The maximum atomic E-state index is 12.3. The van der Waals surface area contributed by atoms with Gasteiger partial charge in [-0.05, 0) is 42.9 Å². The first kappa shape index (κ1) is 21.3. The van der Waals surface area contributed by atoms with Crippen LogP contribution in [0.15, 0.2) is 30.3 Å². The number of likely N-dealkylation sites (tertiary alicyclic amines) is 1. The quantitative estimate of drug-likeness (QED) is 0.762. The zero-order valence-electron chi connectivity index (χ0n) is 14.7. The first-order valence-corrected chi connectivity index (χ1v) is 9.75. The molecule has 4 nitrogen and oxygen atoms in total. The Bertz CT molecular complexity index is 488. The van der Waals surface area contributed by atoms with Crippen LogP contribution in [0, 0.1) is 5.92 Å². The maximum absolute atomic E-state index is 12.3. The van der Waals surface area contributed by atoms with Crippen LogP contribution in [0.1, 0.15) is 18.4 Å². The normalized spacial score (nSPS) is 18.9. The van der Waals surface area contributed by atoms with E-state index in [0.29, 0.717) is 5.92 Å². The lowest BCUT2D eigenvalue weighted by Crippen LogP contribution is -2.44. The standard InChI is InChI=1S/C18H29N3OS.ClH/c1-20(18(22)17(19)9-11-23-2)12-16-8-10-21(14-16)13-15-6-4-3-5-7-15;/h3-7,16-17H,8-14,19H2,1-2H3;1H/t16?,17-;/m0./s1. The Morgan fingerprint density at radius 3 is 2.79 bits per heavy atom. The predicted molar refractivity (Wildman–Crippen MR) is 106 cm³/mol. The molecule has 1 aromatic rings. The lowest BCUT2D eigenvalue weighted by Gasteiger charge is -2.24. The summed E-state index contributed by atoms with van der Waals surface area (Å²) < 4.78 is 0. The van der Waals surface area contributed by atoms with Crippen LogP contribution in [-0.2, 0) is 11.3 Å². The molecule has 0 radical (unpaired) electrons. The van der Waals surface area contributed by atoms with E-state index in [-0.39, 0.29) is 24.4 Å². The molecular weight excluding hydrogens is 342 g/mol. The van der Waals surface area contributed by atoms with Gasteiger partial charge in [0.25, 0.3) is 0 Å². The Hall–Kier alpha value is -0.750. The Morgan fingerprint density at radius 1 is 1.42 bits per heavy atom. The summed E-state index contributed by atoms with van der Waals surface area (Å²) in [5.41, 5.74) is 7.35. The third-order valence-corrected chi connectivity index (χ3v) is 5.12. The number of thioether (sulfide) groups is 1. The summed E-state index contributed by atoms with van der Waals surface area (Å²) in [6.45, 7) is 3.99. The van der Waals surface area contributed by atoms with E-state index in [1.54, 1.807) is 11.8 Å². The van der Waals surface area contributed by atoms with Crippen LogP contribution < -0.4 is 5.73 Å². The predicted octanol–water partition coefficient (Wildman–Crippen LogP) is 2.47. The van der Waals surface area contributed by atoms with Gasteiger partial charge in [-0.15, -0.1) is 12.4 Å². The fraction of sp³-hybridized carbons (Fsp3) is 0.611. The van der Waals surface area contributed by atoms with Crippen molar-refractivity contribution in [3.63, 3.8) is 0 Å². The molecule has 24 heavy (non-hydrogen) atoms. The van der Waals surface area contributed by atoms with E-state index >= 15 is 0 Å². The number of benzene rings is 1. The Labute approximate surface area is 156 Å². The molecule has 1 unspecified atom stereocenters. The van der Waals surface area contributed by atoms with Gasteiger partial charge in [0, 0.05) is 26.7 Å². The maximum Gasteiger partial charge on any atom is 0.239 e. The number of nitrogens with two attached hydrogens (primary N) is 1. The number of likely N-dealkylation sites (N-methyl/N-ethyl adjacent to an activating group) is 1. The van der Waals surface area contributed by atoms with Crippen LogP contribution in [0.3, 0.4) is 0 Å². The zero-order chi connectivity index (χ0) is 16.7. The van der Waals surface area contributed by atoms with Crippen molar-refractivity contribution in [1.29, 1.82) is 0 Å². The van der Waals surface area contributed by atoms with Crippen molar-refractivity contribution in [3.05, 3.63) is 35.9 Å². The van der Waals surface area contributed by atoms with Crippen molar-refractivity contribution in [3.8, 4) is 0 Å². The second-order valence-electron chi connectivity index (χ2n) is 6.48. The zero-order valence-corrected chi connectivity index (χ0v) is 16.3. The van der Waals surface area contributed by atoms with Crippen molar-refractivity contribution >= 4 is 30.1 Å². The summed E-state index contributed by atoms with van der Waals surface area (Å²) >= 11 is 1.74. The SMILES string of the molecule is CSCC[C@H](N)C(=O)N(C)CC1CCN(Cc2ccccc2)C1.Cl. The largest absolute Gasteiger partial charge is 0.344 e. The minimum absolute atomic E-state index is 0. The molecule has 1 amide bonds. The average molecular weight is 372 g/mol. The van der Waals surface area contributed by atoms with Gasteiger partial charge < -0.3 is 10.6 Å². The van der Waals surface area contributed by atoms with Gasteiger partial charge in [0.1, 0.15) is 0 Å². The lowest BCUT2D eigenvalue weighted by molar-refractivity contribution is -0.131. The molecule has 0 aliphatic carbocycles. The first-order chi connectivity index (χ1) is 11.1. The molecule has 6 heteroatoms. The van der Waals surface area contributed by atoms with Gasteiger partial charge in [-0.1, -0.05) is 30.3 Å². The second-order valence-corrected chi connectivity index (χ2v) is 7.47. The summed E-state index contributed by atoms with van der Waals surface area (Å²) in [4.78, 5) is 16.6. The highest BCUT2D eigenvalue weighted by atomic mass is 35.5. The van der Waals surface area contributed by atoms with Crippen LogP contribution in [0.5, 0.6) is 0 Å². The third-order valence-electron chi connectivity index (χ3n) is 4.48. The van der Waals surface area contributed by atoms with Gasteiger partial charge in [-0.2, -0.15) is 11.8 Å². The number of hydrogen-bond donors (Lipinski definition) is 1. The van der Waals surface area contributed by atoms with E-state index in [9.17, 15) is 4.79 Å². The van der Waals surface area contributed by atoms with E-state index in [1.807, 2.05) is 18.2 Å². The molecule has 1 aliphatic rings. The summed E-state index contributed by atoms with van der Waals surface area (Å²) in [5.74, 6) is 1.58. The molecule has 1 aliphatic heterocycles. The summed E-state index contributed by atoms with van der Waals surface area (Å²) in [6.07, 6.45) is 3.96. The van der Waals surface area contributed by atoms with Crippen LogP contribution in [-0.4, -0.2) is 60.4 Å². The van der Waals surface area contributed by atoms with Gasteiger partial charge in [-0.3, -0.25) is 9.69 Å². The highest BCUT2D eigenvalue weighted by Crippen LogP contribution is 2.19. The molecule has 1 fully saturated rings. The topological polar surface area (TPSA) is 49.6 Å². The Morgan fingerprint density at radius 2 is 2.12 bits per heavy atom. The number of carbonyl (C=O) groups is 1. The summed E-state index contributed by atoms with van der Waals surface area (Å²) in [5, 5.41) is 0. The van der Waals surface area contributed by atoms with E-state index in [0.717, 1.165) is 44.8 Å². The van der Waals surface area contributed by atoms with E-state index in [1.165, 1.54) is 5.56 Å².